The average Bonchev–Trinajstić information content (AvgIpc) is 4.15. The largest absolute Gasteiger partial charge is 0.340 e. The smallest absolute Gasteiger partial charge is 0.245 e. The van der Waals surface area contributed by atoms with Gasteiger partial charge in [-0.1, -0.05) is 137 Å². The maximum absolute atomic E-state index is 15.1. The SMILES string of the molecule is CCN(CC)[C@@H](C(=O)N1C[C@H](F)C[C@H]1c1ncc(-c2ccc(-c3ccc(-c4cnc([C@@H]5C[C@H](F)CN5C(=O)[C@@H](c5ccccc5)N(CC)CC)[nH]4)cc3)cc2)[nH]1)c1ccccc1. The molecule has 12 heteroatoms. The number of likely N-dealkylation sites (N-methyl/N-ethyl adjacent to an activating group) is 2. The van der Waals surface area contributed by atoms with Crippen LogP contribution in [0.5, 0.6) is 0 Å². The molecule has 2 aliphatic rings. The van der Waals surface area contributed by atoms with Crippen molar-refractivity contribution in [2.24, 2.45) is 0 Å². The van der Waals surface area contributed by atoms with E-state index in [0.717, 1.165) is 44.8 Å². The van der Waals surface area contributed by atoms with Crippen molar-refractivity contribution < 1.29 is 18.4 Å². The van der Waals surface area contributed by atoms with Crippen molar-refractivity contribution >= 4 is 11.8 Å². The highest BCUT2D eigenvalue weighted by Crippen LogP contribution is 2.39. The van der Waals surface area contributed by atoms with E-state index >= 15 is 8.78 Å². The van der Waals surface area contributed by atoms with Gasteiger partial charge in [0.05, 0.1) is 49.0 Å². The third kappa shape index (κ3) is 8.71. The van der Waals surface area contributed by atoms with Gasteiger partial charge in [0.2, 0.25) is 11.8 Å². The van der Waals surface area contributed by atoms with Gasteiger partial charge in [-0.25, -0.2) is 18.7 Å². The number of carbonyl (C=O) groups excluding carboxylic acids is 2. The quantitative estimate of drug-likeness (QED) is 0.107. The van der Waals surface area contributed by atoms with E-state index in [-0.39, 0.29) is 37.7 Å². The minimum atomic E-state index is -1.14. The van der Waals surface area contributed by atoms with Crippen LogP contribution in [0, 0.1) is 0 Å². The second kappa shape index (κ2) is 19.0. The fourth-order valence-electron chi connectivity index (χ4n) is 9.35. The second-order valence-electron chi connectivity index (χ2n) is 16.3. The standard InChI is InChI=1S/C50H56F2N8O2/c1-5-57(6-2)45(37-15-11-9-12-16-37)49(61)59-31-39(51)27-43(59)47-53-29-41(55-47)35-23-19-33(20-24-35)34-21-25-36(26-22-34)42-30-54-48(56-42)44-28-40(52)32-60(44)50(62)46(58(7-3)8-4)38-17-13-10-14-18-38/h9-26,29-30,39-40,43-46H,5-8,27-28,31-32H2,1-4H3,(H,53,55)(H,54,56)/t39-,40+,43-,44-,45+,46+/m0/s1. The van der Waals surface area contributed by atoms with Gasteiger partial charge in [-0.2, -0.15) is 0 Å². The van der Waals surface area contributed by atoms with E-state index in [9.17, 15) is 9.59 Å². The van der Waals surface area contributed by atoms with Crippen molar-refractivity contribution in [3.05, 3.63) is 144 Å². The van der Waals surface area contributed by atoms with Gasteiger partial charge >= 0.3 is 0 Å². The van der Waals surface area contributed by atoms with E-state index < -0.39 is 36.5 Å². The first-order chi connectivity index (χ1) is 30.2. The van der Waals surface area contributed by atoms with Gasteiger partial charge in [0.1, 0.15) is 36.1 Å². The summed E-state index contributed by atoms with van der Waals surface area (Å²) in [6.45, 7) is 11.0. The summed E-state index contributed by atoms with van der Waals surface area (Å²) >= 11 is 0. The molecule has 6 aromatic rings. The molecule has 0 radical (unpaired) electrons. The Kier molecular flexibility index (Phi) is 13.1. The number of carbonyl (C=O) groups is 2. The third-order valence-electron chi connectivity index (χ3n) is 12.7. The zero-order valence-electron chi connectivity index (χ0n) is 35.9. The number of amides is 2. The molecule has 2 N–H and O–H groups in total. The number of likely N-dealkylation sites (tertiary alicyclic amines) is 2. The van der Waals surface area contributed by atoms with Crippen molar-refractivity contribution in [1.29, 1.82) is 0 Å². The van der Waals surface area contributed by atoms with Gasteiger partial charge in [-0.3, -0.25) is 19.4 Å². The fraction of sp³-hybridized carbons (Fsp3) is 0.360. The number of H-pyrrole nitrogens is 2. The first-order valence-electron chi connectivity index (χ1n) is 22.0. The van der Waals surface area contributed by atoms with Gasteiger partial charge in [-0.15, -0.1) is 0 Å². The molecular weight excluding hydrogens is 783 g/mol. The monoisotopic (exact) mass is 838 g/mol. The summed E-state index contributed by atoms with van der Waals surface area (Å²) in [4.78, 5) is 52.2. The molecule has 4 heterocycles. The zero-order chi connectivity index (χ0) is 43.3. The van der Waals surface area contributed by atoms with Gasteiger partial charge in [0.15, 0.2) is 0 Å². The highest BCUT2D eigenvalue weighted by atomic mass is 19.1. The molecule has 2 saturated heterocycles. The molecule has 0 aliphatic carbocycles. The second-order valence-corrected chi connectivity index (χ2v) is 16.3. The van der Waals surface area contributed by atoms with E-state index in [0.29, 0.717) is 37.8 Å². The van der Waals surface area contributed by atoms with E-state index in [2.05, 4.69) is 54.0 Å². The maximum Gasteiger partial charge on any atom is 0.245 e. The average molecular weight is 839 g/mol. The fourth-order valence-corrected chi connectivity index (χ4v) is 9.35. The molecule has 6 atom stereocenters. The lowest BCUT2D eigenvalue weighted by atomic mass is 10.0. The number of halogens is 2. The van der Waals surface area contributed by atoms with Crippen molar-refractivity contribution in [1.82, 2.24) is 39.5 Å². The summed E-state index contributed by atoms with van der Waals surface area (Å²) in [7, 11) is 0. The number of alkyl halides is 2. The molecule has 0 spiro atoms. The highest BCUT2D eigenvalue weighted by molar-refractivity contribution is 5.85. The van der Waals surface area contributed by atoms with Crippen molar-refractivity contribution in [2.45, 2.75) is 77.0 Å². The number of benzene rings is 4. The molecule has 0 saturated carbocycles. The molecule has 62 heavy (non-hydrogen) atoms. The Balaban J connectivity index is 0.952. The molecule has 2 amide bonds. The predicted molar refractivity (Wildman–Crippen MR) is 239 cm³/mol. The van der Waals surface area contributed by atoms with Crippen LogP contribution in [-0.4, -0.2) is 103 Å². The van der Waals surface area contributed by atoms with Crippen LogP contribution in [0.3, 0.4) is 0 Å². The number of imidazole rings is 2. The lowest BCUT2D eigenvalue weighted by molar-refractivity contribution is -0.139. The molecule has 322 valence electrons. The Morgan fingerprint density at radius 2 is 0.903 bits per heavy atom. The van der Waals surface area contributed by atoms with Crippen LogP contribution in [-0.2, 0) is 9.59 Å². The number of aromatic amines is 2. The topological polar surface area (TPSA) is 104 Å². The summed E-state index contributed by atoms with van der Waals surface area (Å²) in [5.74, 6) is 0.928. The number of rotatable bonds is 15. The Morgan fingerprint density at radius 1 is 0.565 bits per heavy atom. The Labute approximate surface area is 363 Å². The van der Waals surface area contributed by atoms with Gasteiger partial charge in [0.25, 0.3) is 0 Å². The molecule has 2 fully saturated rings. The van der Waals surface area contributed by atoms with Crippen LogP contribution >= 0.6 is 0 Å². The molecule has 2 aromatic heterocycles. The predicted octanol–water partition coefficient (Wildman–Crippen LogP) is 9.52. The zero-order valence-corrected chi connectivity index (χ0v) is 35.9. The van der Waals surface area contributed by atoms with Gasteiger partial charge < -0.3 is 19.8 Å². The summed E-state index contributed by atoms with van der Waals surface area (Å²) in [5.41, 5.74) is 7.28. The highest BCUT2D eigenvalue weighted by Gasteiger charge is 2.43. The Bertz CT molecular complexity index is 2230. The van der Waals surface area contributed by atoms with Crippen molar-refractivity contribution in [3.8, 4) is 33.6 Å². The number of hydrogen-bond donors (Lipinski definition) is 2. The van der Waals surface area contributed by atoms with E-state index in [1.165, 1.54) is 0 Å². The first-order valence-corrected chi connectivity index (χ1v) is 22.0. The van der Waals surface area contributed by atoms with Crippen LogP contribution in [0.15, 0.2) is 122 Å². The van der Waals surface area contributed by atoms with Gasteiger partial charge in [0, 0.05) is 12.8 Å². The molecule has 4 aromatic carbocycles. The molecule has 8 rings (SSSR count). The lowest BCUT2D eigenvalue weighted by Gasteiger charge is -2.34. The molecule has 0 bridgehead atoms. The van der Waals surface area contributed by atoms with Crippen LogP contribution in [0.25, 0.3) is 33.6 Å². The van der Waals surface area contributed by atoms with Crippen LogP contribution in [0.1, 0.15) is 87.5 Å². The third-order valence-corrected chi connectivity index (χ3v) is 12.7. The summed E-state index contributed by atoms with van der Waals surface area (Å²) in [6.07, 6.45) is 1.62. The number of nitrogens with one attached hydrogen (secondary N) is 2. The Hall–Kier alpha value is -5.98. The maximum atomic E-state index is 15.1. The van der Waals surface area contributed by atoms with Crippen molar-refractivity contribution in [3.63, 3.8) is 0 Å². The van der Waals surface area contributed by atoms with Crippen LogP contribution in [0.4, 0.5) is 8.78 Å². The molecule has 10 nitrogen and oxygen atoms in total. The normalized spacial score (nSPS) is 20.0. The molecule has 0 unspecified atom stereocenters. The number of nitrogens with zero attached hydrogens (tertiary/aromatic N) is 6. The summed E-state index contributed by atoms with van der Waals surface area (Å²) in [6, 6.07) is 33.8. The van der Waals surface area contributed by atoms with Crippen LogP contribution in [0.2, 0.25) is 0 Å². The molecule has 2 aliphatic heterocycles. The van der Waals surface area contributed by atoms with E-state index in [1.807, 2.05) is 113 Å². The minimum Gasteiger partial charge on any atom is -0.340 e. The first kappa shape index (κ1) is 42.7. The van der Waals surface area contributed by atoms with E-state index in [1.54, 1.807) is 22.2 Å². The summed E-state index contributed by atoms with van der Waals surface area (Å²) in [5, 5.41) is 0. The van der Waals surface area contributed by atoms with Crippen molar-refractivity contribution in [2.75, 3.05) is 39.3 Å². The van der Waals surface area contributed by atoms with Crippen LogP contribution < -0.4 is 0 Å². The number of aromatic nitrogens is 4. The Morgan fingerprint density at radius 3 is 1.24 bits per heavy atom. The number of hydrogen-bond acceptors (Lipinski definition) is 6. The minimum absolute atomic E-state index is 0.0334. The van der Waals surface area contributed by atoms with E-state index in [4.69, 9.17) is 0 Å². The van der Waals surface area contributed by atoms with Gasteiger partial charge in [-0.05, 0) is 59.6 Å². The summed E-state index contributed by atoms with van der Waals surface area (Å²) < 4.78 is 30.2. The molecular formula is C50H56F2N8O2. The lowest BCUT2D eigenvalue weighted by Crippen LogP contribution is -2.43.